The summed E-state index contributed by atoms with van der Waals surface area (Å²) in [6, 6.07) is 9.98. The number of nitrogens with zero attached hydrogens (tertiary/aromatic N) is 4. The molecule has 1 spiro atoms. The van der Waals surface area contributed by atoms with Crippen LogP contribution >= 0.6 is 0 Å². The molecule has 4 heterocycles. The first-order valence-corrected chi connectivity index (χ1v) is 9.63. The minimum absolute atomic E-state index is 0.173. The van der Waals surface area contributed by atoms with Crippen LogP contribution in [-0.4, -0.2) is 52.6 Å². The average Bonchev–Trinajstić information content (AvgIpc) is 2.82. The summed E-state index contributed by atoms with van der Waals surface area (Å²) >= 11 is 0. The normalized spacial score (nSPS) is 20.0. The van der Waals surface area contributed by atoms with Crippen LogP contribution in [0, 0.1) is 6.92 Å². The van der Waals surface area contributed by atoms with E-state index in [1.54, 1.807) is 6.20 Å². The number of hydrogen-bond acceptors (Lipinski definition) is 5. The SMILES string of the molecule is Cc1cc(N2CCC3(CC2)CC(=O)N(Cc2ccccn2)CCO3)ccn1. The zero-order valence-corrected chi connectivity index (χ0v) is 15.8. The van der Waals surface area contributed by atoms with Crippen LogP contribution in [-0.2, 0) is 16.1 Å². The van der Waals surface area contributed by atoms with Crippen molar-refractivity contribution in [2.24, 2.45) is 0 Å². The van der Waals surface area contributed by atoms with Crippen molar-refractivity contribution in [2.75, 3.05) is 31.1 Å². The van der Waals surface area contributed by atoms with Crippen molar-refractivity contribution < 1.29 is 9.53 Å². The topological polar surface area (TPSA) is 58.6 Å². The predicted octanol–water partition coefficient (Wildman–Crippen LogP) is 2.57. The predicted molar refractivity (Wildman–Crippen MR) is 103 cm³/mol. The number of anilines is 1. The number of carbonyl (C=O) groups excluding carboxylic acids is 1. The maximum atomic E-state index is 12.9. The summed E-state index contributed by atoms with van der Waals surface area (Å²) in [6.07, 6.45) is 5.83. The van der Waals surface area contributed by atoms with Gasteiger partial charge in [0.2, 0.25) is 5.91 Å². The number of rotatable bonds is 3. The van der Waals surface area contributed by atoms with E-state index in [1.807, 2.05) is 36.2 Å². The standard InChI is InChI=1S/C21H26N4O2/c1-17-14-19(5-9-22-17)24-10-6-21(7-11-24)15-20(26)25(12-13-27-21)16-18-4-2-3-8-23-18/h2-5,8-9,14H,6-7,10-13,15-16H2,1H3. The third-order valence-corrected chi connectivity index (χ3v) is 5.59. The first-order chi connectivity index (χ1) is 13.1. The van der Waals surface area contributed by atoms with Crippen LogP contribution in [0.15, 0.2) is 42.7 Å². The van der Waals surface area contributed by atoms with Crippen LogP contribution in [0.1, 0.15) is 30.7 Å². The van der Waals surface area contributed by atoms with Gasteiger partial charge in [0, 0.05) is 43.4 Å². The molecule has 2 fully saturated rings. The Morgan fingerprint density at radius 2 is 1.96 bits per heavy atom. The number of ether oxygens (including phenoxy) is 1. The van der Waals surface area contributed by atoms with Crippen molar-refractivity contribution in [1.82, 2.24) is 14.9 Å². The quantitative estimate of drug-likeness (QED) is 0.836. The molecule has 2 aromatic heterocycles. The second-order valence-corrected chi connectivity index (χ2v) is 7.49. The fourth-order valence-corrected chi connectivity index (χ4v) is 4.01. The van der Waals surface area contributed by atoms with E-state index >= 15 is 0 Å². The van der Waals surface area contributed by atoms with Gasteiger partial charge in [-0.3, -0.25) is 14.8 Å². The van der Waals surface area contributed by atoms with E-state index in [9.17, 15) is 4.79 Å². The average molecular weight is 366 g/mol. The highest BCUT2D eigenvalue weighted by molar-refractivity contribution is 5.77. The van der Waals surface area contributed by atoms with Gasteiger partial charge >= 0.3 is 0 Å². The number of carbonyl (C=O) groups is 1. The van der Waals surface area contributed by atoms with Gasteiger partial charge in [-0.15, -0.1) is 0 Å². The van der Waals surface area contributed by atoms with Gasteiger partial charge in [0.1, 0.15) is 0 Å². The lowest BCUT2D eigenvalue weighted by Gasteiger charge is -2.41. The zero-order valence-electron chi connectivity index (χ0n) is 15.8. The summed E-state index contributed by atoms with van der Waals surface area (Å²) in [6.45, 7) is 5.59. The molecule has 0 unspecified atom stereocenters. The Labute approximate surface area is 160 Å². The summed E-state index contributed by atoms with van der Waals surface area (Å²) in [4.78, 5) is 25.8. The van der Waals surface area contributed by atoms with E-state index in [0.29, 0.717) is 26.1 Å². The Bertz CT molecular complexity index is 788. The summed E-state index contributed by atoms with van der Waals surface area (Å²) in [5.41, 5.74) is 2.83. The molecule has 0 saturated carbocycles. The highest BCUT2D eigenvalue weighted by atomic mass is 16.5. The molecule has 0 aromatic carbocycles. The number of piperidine rings is 1. The molecule has 6 nitrogen and oxygen atoms in total. The molecular weight excluding hydrogens is 340 g/mol. The number of aryl methyl sites for hydroxylation is 1. The lowest BCUT2D eigenvalue weighted by molar-refractivity contribution is -0.134. The molecule has 0 atom stereocenters. The van der Waals surface area contributed by atoms with Crippen molar-refractivity contribution in [3.8, 4) is 0 Å². The maximum Gasteiger partial charge on any atom is 0.225 e. The zero-order chi connectivity index (χ0) is 18.7. The van der Waals surface area contributed by atoms with Gasteiger partial charge in [0.05, 0.1) is 30.9 Å². The lowest BCUT2D eigenvalue weighted by atomic mass is 9.87. The van der Waals surface area contributed by atoms with Gasteiger partial charge in [0.15, 0.2) is 0 Å². The van der Waals surface area contributed by atoms with E-state index in [4.69, 9.17) is 4.74 Å². The molecule has 0 N–H and O–H groups in total. The highest BCUT2D eigenvalue weighted by Gasteiger charge is 2.40. The second-order valence-electron chi connectivity index (χ2n) is 7.49. The van der Waals surface area contributed by atoms with Crippen molar-refractivity contribution in [3.63, 3.8) is 0 Å². The van der Waals surface area contributed by atoms with Crippen LogP contribution in [0.25, 0.3) is 0 Å². The number of hydrogen-bond donors (Lipinski definition) is 0. The van der Waals surface area contributed by atoms with Gasteiger partial charge < -0.3 is 14.5 Å². The van der Waals surface area contributed by atoms with Gasteiger partial charge in [-0.05, 0) is 44.0 Å². The molecule has 6 heteroatoms. The Kier molecular flexibility index (Phi) is 5.07. The molecule has 27 heavy (non-hydrogen) atoms. The molecule has 0 radical (unpaired) electrons. The van der Waals surface area contributed by atoms with Crippen molar-refractivity contribution in [2.45, 2.75) is 38.3 Å². The molecule has 2 aromatic rings. The number of pyridine rings is 2. The van der Waals surface area contributed by atoms with E-state index in [1.165, 1.54) is 5.69 Å². The van der Waals surface area contributed by atoms with Crippen LogP contribution in [0.3, 0.4) is 0 Å². The Hall–Kier alpha value is -2.47. The first kappa shape index (κ1) is 17.9. The third kappa shape index (κ3) is 4.11. The molecule has 2 saturated heterocycles. The van der Waals surface area contributed by atoms with Crippen molar-refractivity contribution in [3.05, 3.63) is 54.1 Å². The molecule has 4 rings (SSSR count). The van der Waals surface area contributed by atoms with E-state index in [-0.39, 0.29) is 11.5 Å². The summed E-state index contributed by atoms with van der Waals surface area (Å²) in [5.74, 6) is 0.173. The van der Waals surface area contributed by atoms with Gasteiger partial charge in [0.25, 0.3) is 0 Å². The summed E-state index contributed by atoms with van der Waals surface area (Å²) < 4.78 is 6.26. The minimum Gasteiger partial charge on any atom is -0.372 e. The van der Waals surface area contributed by atoms with Gasteiger partial charge in [-0.2, -0.15) is 0 Å². The third-order valence-electron chi connectivity index (χ3n) is 5.59. The maximum absolute atomic E-state index is 12.9. The van der Waals surface area contributed by atoms with E-state index in [2.05, 4.69) is 27.0 Å². The van der Waals surface area contributed by atoms with Gasteiger partial charge in [-0.1, -0.05) is 6.07 Å². The molecule has 0 bridgehead atoms. The Balaban J connectivity index is 1.39. The van der Waals surface area contributed by atoms with Crippen molar-refractivity contribution >= 4 is 11.6 Å². The Morgan fingerprint density at radius 3 is 2.70 bits per heavy atom. The van der Waals surface area contributed by atoms with Gasteiger partial charge in [-0.25, -0.2) is 0 Å². The van der Waals surface area contributed by atoms with Crippen LogP contribution in [0.2, 0.25) is 0 Å². The lowest BCUT2D eigenvalue weighted by Crippen LogP contribution is -2.47. The molecular formula is C21H26N4O2. The largest absolute Gasteiger partial charge is 0.372 e. The van der Waals surface area contributed by atoms with Crippen molar-refractivity contribution in [1.29, 1.82) is 0 Å². The Morgan fingerprint density at radius 1 is 1.11 bits per heavy atom. The molecule has 2 aliphatic rings. The van der Waals surface area contributed by atoms with Crippen LogP contribution in [0.5, 0.6) is 0 Å². The number of aromatic nitrogens is 2. The molecule has 1 amide bonds. The molecule has 0 aliphatic carbocycles. The highest BCUT2D eigenvalue weighted by Crippen LogP contribution is 2.34. The summed E-state index contributed by atoms with van der Waals surface area (Å²) in [7, 11) is 0. The fourth-order valence-electron chi connectivity index (χ4n) is 4.01. The minimum atomic E-state index is -0.325. The first-order valence-electron chi connectivity index (χ1n) is 9.63. The smallest absolute Gasteiger partial charge is 0.225 e. The van der Waals surface area contributed by atoms with Crippen LogP contribution < -0.4 is 4.90 Å². The fraction of sp³-hybridized carbons (Fsp3) is 0.476. The molecule has 2 aliphatic heterocycles. The monoisotopic (exact) mass is 366 g/mol. The molecule has 142 valence electrons. The van der Waals surface area contributed by atoms with Crippen LogP contribution in [0.4, 0.5) is 5.69 Å². The second kappa shape index (κ2) is 7.64. The number of amides is 1. The van der Waals surface area contributed by atoms with E-state index in [0.717, 1.165) is 37.3 Å². The summed E-state index contributed by atoms with van der Waals surface area (Å²) in [5, 5.41) is 0. The van der Waals surface area contributed by atoms with E-state index < -0.39 is 0 Å².